The molecule has 0 saturated carbocycles. The Kier molecular flexibility index (Phi) is 7.32. The molecule has 2 aliphatic rings. The Bertz CT molecular complexity index is 1440. The highest BCUT2D eigenvalue weighted by molar-refractivity contribution is 5.77. The number of hydrogen-bond donors (Lipinski definition) is 0. The first-order valence-corrected chi connectivity index (χ1v) is 13.0. The molecule has 5 rings (SSSR count). The van der Waals surface area contributed by atoms with Crippen molar-refractivity contribution in [2.75, 3.05) is 36.0 Å². The largest absolute Gasteiger partial charge is 0.451 e. The summed E-state index contributed by atoms with van der Waals surface area (Å²) in [6.45, 7) is 6.78. The fraction of sp³-hybridized carbons (Fsp3) is 0.500. The summed E-state index contributed by atoms with van der Waals surface area (Å²) in [5, 5.41) is 4.24. The van der Waals surface area contributed by atoms with E-state index in [4.69, 9.17) is 0 Å². The predicted molar refractivity (Wildman–Crippen MR) is 136 cm³/mol. The van der Waals surface area contributed by atoms with Crippen molar-refractivity contribution in [3.8, 4) is 0 Å². The number of alkyl halides is 6. The second-order valence-electron chi connectivity index (χ2n) is 10.3. The van der Waals surface area contributed by atoms with Crippen molar-refractivity contribution in [3.63, 3.8) is 0 Å². The molecule has 2 aliphatic heterocycles. The van der Waals surface area contributed by atoms with Crippen molar-refractivity contribution < 1.29 is 31.1 Å². The molecular formula is C26H28F6N8O. The van der Waals surface area contributed by atoms with E-state index in [1.807, 2.05) is 11.8 Å². The lowest BCUT2D eigenvalue weighted by Crippen LogP contribution is -2.55. The van der Waals surface area contributed by atoms with Crippen LogP contribution >= 0.6 is 0 Å². The topological polar surface area (TPSA) is 83.3 Å². The standard InChI is InChI=1S/C26H28F6N8O/c1-15-12-38(8-9-39(15)23(41)14-40-17(3)35-16(2)36-40)22-5-4-21(25(27,28)29)19-6-7-37(13-20(19)22)18-10-33-24(34-11-18)26(30,31)32/h4-5,10-11,15H,6-9,12-14H2,1-3H3. The molecule has 220 valence electrons. The van der Waals surface area contributed by atoms with Crippen LogP contribution in [0.15, 0.2) is 24.5 Å². The summed E-state index contributed by atoms with van der Waals surface area (Å²) in [7, 11) is 0. The summed E-state index contributed by atoms with van der Waals surface area (Å²) in [5.74, 6) is -0.221. The summed E-state index contributed by atoms with van der Waals surface area (Å²) in [4.78, 5) is 29.5. The van der Waals surface area contributed by atoms with Gasteiger partial charge in [0.25, 0.3) is 0 Å². The normalized spacial score (nSPS) is 18.1. The van der Waals surface area contributed by atoms with Crippen LogP contribution in [0.2, 0.25) is 0 Å². The Morgan fingerprint density at radius 3 is 2.24 bits per heavy atom. The zero-order valence-corrected chi connectivity index (χ0v) is 22.6. The van der Waals surface area contributed by atoms with E-state index in [0.29, 0.717) is 42.5 Å². The van der Waals surface area contributed by atoms with Crippen LogP contribution < -0.4 is 9.80 Å². The fourth-order valence-corrected chi connectivity index (χ4v) is 5.55. The van der Waals surface area contributed by atoms with Crippen LogP contribution in [0.4, 0.5) is 37.7 Å². The molecule has 1 amide bonds. The average molecular weight is 583 g/mol. The van der Waals surface area contributed by atoms with E-state index in [9.17, 15) is 31.1 Å². The molecule has 15 heteroatoms. The highest BCUT2D eigenvalue weighted by Gasteiger charge is 2.39. The highest BCUT2D eigenvalue weighted by atomic mass is 19.4. The summed E-state index contributed by atoms with van der Waals surface area (Å²) in [5.41, 5.74) is 0.788. The van der Waals surface area contributed by atoms with E-state index in [2.05, 4.69) is 20.1 Å². The van der Waals surface area contributed by atoms with Crippen molar-refractivity contribution in [2.24, 2.45) is 0 Å². The fourth-order valence-electron chi connectivity index (χ4n) is 5.55. The van der Waals surface area contributed by atoms with Gasteiger partial charge >= 0.3 is 12.4 Å². The minimum atomic E-state index is -4.70. The van der Waals surface area contributed by atoms with Gasteiger partial charge in [0.05, 0.1) is 23.6 Å². The van der Waals surface area contributed by atoms with Gasteiger partial charge in [-0.1, -0.05) is 0 Å². The number of nitrogens with zero attached hydrogens (tertiary/aromatic N) is 8. The Labute approximate surface area is 231 Å². The number of benzene rings is 1. The third kappa shape index (κ3) is 5.79. The number of aromatic nitrogens is 5. The molecule has 2 aromatic heterocycles. The molecule has 0 aliphatic carbocycles. The smallest absolute Gasteiger partial charge is 0.367 e. The maximum absolute atomic E-state index is 13.9. The van der Waals surface area contributed by atoms with Crippen LogP contribution in [-0.2, 0) is 36.7 Å². The van der Waals surface area contributed by atoms with E-state index in [-0.39, 0.29) is 49.3 Å². The summed E-state index contributed by atoms with van der Waals surface area (Å²) in [6, 6.07) is 2.30. The molecule has 0 spiro atoms. The summed E-state index contributed by atoms with van der Waals surface area (Å²) < 4.78 is 82.1. The maximum Gasteiger partial charge on any atom is 0.451 e. The van der Waals surface area contributed by atoms with Gasteiger partial charge < -0.3 is 14.7 Å². The summed E-state index contributed by atoms with van der Waals surface area (Å²) in [6.07, 6.45) is -7.13. The second-order valence-corrected chi connectivity index (χ2v) is 10.3. The number of carbonyl (C=O) groups is 1. The second kappa shape index (κ2) is 10.5. The minimum absolute atomic E-state index is 0.0385. The van der Waals surface area contributed by atoms with Crippen LogP contribution in [0.25, 0.3) is 0 Å². The minimum Gasteiger partial charge on any atom is -0.367 e. The van der Waals surface area contributed by atoms with Crippen LogP contribution in [0.3, 0.4) is 0 Å². The number of fused-ring (bicyclic) bond motifs is 1. The lowest BCUT2D eigenvalue weighted by atomic mass is 9.91. The molecule has 3 aromatic rings. The number of halogens is 6. The van der Waals surface area contributed by atoms with E-state index in [1.54, 1.807) is 28.3 Å². The zero-order chi connectivity index (χ0) is 29.7. The van der Waals surface area contributed by atoms with Crippen LogP contribution in [-0.4, -0.2) is 67.8 Å². The van der Waals surface area contributed by atoms with Crippen molar-refractivity contribution in [1.29, 1.82) is 0 Å². The molecule has 0 bridgehead atoms. The first-order valence-electron chi connectivity index (χ1n) is 13.0. The number of aryl methyl sites for hydroxylation is 2. The molecule has 1 atom stereocenters. The first kappa shape index (κ1) is 28.6. The quantitative estimate of drug-likeness (QED) is 0.430. The van der Waals surface area contributed by atoms with Crippen molar-refractivity contribution in [3.05, 3.63) is 58.7 Å². The summed E-state index contributed by atoms with van der Waals surface area (Å²) >= 11 is 0. The van der Waals surface area contributed by atoms with Crippen molar-refractivity contribution in [2.45, 2.75) is 58.7 Å². The van der Waals surface area contributed by atoms with Gasteiger partial charge in [-0.3, -0.25) is 4.79 Å². The number of hydrogen-bond acceptors (Lipinski definition) is 7. The van der Waals surface area contributed by atoms with Crippen LogP contribution in [0, 0.1) is 13.8 Å². The maximum atomic E-state index is 13.9. The molecule has 1 unspecified atom stereocenters. The Morgan fingerprint density at radius 1 is 0.951 bits per heavy atom. The van der Waals surface area contributed by atoms with Gasteiger partial charge in [-0.05, 0) is 50.5 Å². The molecule has 41 heavy (non-hydrogen) atoms. The van der Waals surface area contributed by atoms with E-state index in [1.165, 1.54) is 6.07 Å². The van der Waals surface area contributed by atoms with Gasteiger partial charge in [-0.25, -0.2) is 19.6 Å². The lowest BCUT2D eigenvalue weighted by molar-refractivity contribution is -0.145. The van der Waals surface area contributed by atoms with E-state index in [0.717, 1.165) is 18.5 Å². The zero-order valence-electron chi connectivity index (χ0n) is 22.6. The molecule has 0 N–H and O–H groups in total. The van der Waals surface area contributed by atoms with Gasteiger partial charge in [0, 0.05) is 44.5 Å². The number of carbonyl (C=O) groups excluding carboxylic acids is 1. The van der Waals surface area contributed by atoms with Gasteiger partial charge in [0.2, 0.25) is 11.7 Å². The highest BCUT2D eigenvalue weighted by Crippen LogP contribution is 2.41. The van der Waals surface area contributed by atoms with Gasteiger partial charge in [-0.15, -0.1) is 0 Å². The Balaban J connectivity index is 1.39. The van der Waals surface area contributed by atoms with Crippen LogP contribution in [0.5, 0.6) is 0 Å². The molecule has 1 fully saturated rings. The number of rotatable bonds is 4. The van der Waals surface area contributed by atoms with E-state index >= 15 is 0 Å². The first-order chi connectivity index (χ1) is 19.2. The monoisotopic (exact) mass is 582 g/mol. The molecule has 4 heterocycles. The van der Waals surface area contributed by atoms with Gasteiger partial charge in [-0.2, -0.15) is 31.4 Å². The van der Waals surface area contributed by atoms with Gasteiger partial charge in [0.1, 0.15) is 18.2 Å². The lowest BCUT2D eigenvalue weighted by Gasteiger charge is -2.43. The number of amides is 1. The predicted octanol–water partition coefficient (Wildman–Crippen LogP) is 4.02. The molecule has 9 nitrogen and oxygen atoms in total. The average Bonchev–Trinajstić information content (AvgIpc) is 3.22. The Hall–Kier alpha value is -3.91. The number of anilines is 2. The molecular weight excluding hydrogens is 554 g/mol. The Morgan fingerprint density at radius 2 is 1.66 bits per heavy atom. The van der Waals surface area contributed by atoms with Gasteiger partial charge in [0.15, 0.2) is 0 Å². The SMILES string of the molecule is Cc1nc(C)n(CC(=O)N2CCN(c3ccc(C(F)(F)F)c4c3CN(c3cnc(C(F)(F)F)nc3)CC4)CC2C)n1. The van der Waals surface area contributed by atoms with Crippen LogP contribution in [0.1, 0.15) is 41.1 Å². The number of piperazine rings is 1. The van der Waals surface area contributed by atoms with Crippen molar-refractivity contribution >= 4 is 17.3 Å². The molecule has 0 radical (unpaired) electrons. The third-order valence-electron chi connectivity index (χ3n) is 7.49. The molecule has 1 aromatic carbocycles. The van der Waals surface area contributed by atoms with E-state index < -0.39 is 23.7 Å². The third-order valence-corrected chi connectivity index (χ3v) is 7.49. The molecule has 1 saturated heterocycles. The van der Waals surface area contributed by atoms with Crippen molar-refractivity contribution in [1.82, 2.24) is 29.6 Å².